The minimum Gasteiger partial charge on any atom is -0.496 e. The summed E-state index contributed by atoms with van der Waals surface area (Å²) in [7, 11) is 1.62. The van der Waals surface area contributed by atoms with Gasteiger partial charge in [0.15, 0.2) is 0 Å². The number of methoxy groups -OCH3 is 1. The summed E-state index contributed by atoms with van der Waals surface area (Å²) in [6.45, 7) is 8.43. The Morgan fingerprint density at radius 1 is 1.08 bits per heavy atom. The molecule has 1 unspecified atom stereocenters. The number of anilines is 1. The zero-order valence-electron chi connectivity index (χ0n) is 22.8. The zero-order chi connectivity index (χ0) is 27.7. The van der Waals surface area contributed by atoms with E-state index < -0.39 is 0 Å². The number of carbonyl (C=O) groups is 1. The molecule has 39 heavy (non-hydrogen) atoms. The first-order valence-corrected chi connectivity index (χ1v) is 13.9. The minimum absolute atomic E-state index is 0.202. The predicted octanol–water partition coefficient (Wildman–Crippen LogP) is 7.78. The van der Waals surface area contributed by atoms with Crippen molar-refractivity contribution in [2.24, 2.45) is 5.92 Å². The van der Waals surface area contributed by atoms with E-state index in [4.69, 9.17) is 14.2 Å². The molecule has 1 N–H and O–H groups in total. The summed E-state index contributed by atoms with van der Waals surface area (Å²) in [4.78, 5) is 12.7. The number of fused-ring (bicyclic) bond motifs is 1. The van der Waals surface area contributed by atoms with Crippen LogP contribution in [0.2, 0.25) is 0 Å². The van der Waals surface area contributed by atoms with E-state index in [-0.39, 0.29) is 29.9 Å². The smallest absolute Gasteiger partial charge is 0.319 e. The van der Waals surface area contributed by atoms with Gasteiger partial charge in [-0.25, -0.2) is 4.39 Å². The Morgan fingerprint density at radius 2 is 1.90 bits per heavy atom. The van der Waals surface area contributed by atoms with E-state index in [1.54, 1.807) is 31.0 Å². The number of allylic oxidation sites excluding steroid dienone is 1. The van der Waals surface area contributed by atoms with Gasteiger partial charge in [-0.15, -0.1) is 11.8 Å². The van der Waals surface area contributed by atoms with E-state index in [1.165, 1.54) is 12.1 Å². The molecule has 0 aliphatic carbocycles. The van der Waals surface area contributed by atoms with Gasteiger partial charge in [-0.3, -0.25) is 4.79 Å². The van der Waals surface area contributed by atoms with Crippen molar-refractivity contribution in [3.63, 3.8) is 0 Å². The molecule has 0 saturated heterocycles. The summed E-state index contributed by atoms with van der Waals surface area (Å²) in [6.07, 6.45) is 4.06. The number of ether oxygens (including phenoxy) is 3. The monoisotopic (exact) mass is 545 g/mol. The van der Waals surface area contributed by atoms with Gasteiger partial charge in [0.05, 0.1) is 18.6 Å². The van der Waals surface area contributed by atoms with Crippen LogP contribution in [0.4, 0.5) is 10.1 Å². The molecule has 0 fully saturated rings. The molecule has 2 aliphatic rings. The highest BCUT2D eigenvalue weighted by atomic mass is 32.2. The lowest BCUT2D eigenvalue weighted by atomic mass is 9.85. The van der Waals surface area contributed by atoms with Gasteiger partial charge < -0.3 is 19.5 Å². The summed E-state index contributed by atoms with van der Waals surface area (Å²) in [5, 5.41) is 5.53. The predicted molar refractivity (Wildman–Crippen MR) is 156 cm³/mol. The lowest BCUT2D eigenvalue weighted by Crippen LogP contribution is -2.32. The number of nitrogens with one attached hydrogen (secondary N) is 1. The Kier molecular flexibility index (Phi) is 7.45. The first kappa shape index (κ1) is 26.9. The number of rotatable bonds is 7. The molecule has 7 heteroatoms. The summed E-state index contributed by atoms with van der Waals surface area (Å²) in [5.74, 6) is 1.36. The maximum Gasteiger partial charge on any atom is 0.319 e. The fourth-order valence-corrected chi connectivity index (χ4v) is 6.01. The number of halogens is 1. The lowest BCUT2D eigenvalue weighted by Gasteiger charge is -2.33. The number of aryl methyl sites for hydroxylation is 1. The SMILES string of the molecule is COc1ccc(OC(=O)C2C=CSC2)cc1-c1ccc2c(c1COc1cc(F)ccc1C)C(C)=CC(C)(C)N2. The van der Waals surface area contributed by atoms with Crippen LogP contribution in [0, 0.1) is 18.7 Å². The molecular formula is C32H32FNO4S. The number of carbonyl (C=O) groups excluding carboxylic acids is 1. The average molecular weight is 546 g/mol. The molecule has 202 valence electrons. The fourth-order valence-electron chi connectivity index (χ4n) is 5.15. The molecule has 0 amide bonds. The Hall–Kier alpha value is -3.71. The summed E-state index contributed by atoms with van der Waals surface area (Å²) in [6, 6.07) is 14.0. The van der Waals surface area contributed by atoms with Crippen molar-refractivity contribution < 1.29 is 23.4 Å². The molecule has 0 saturated carbocycles. The summed E-state index contributed by atoms with van der Waals surface area (Å²) in [5.41, 5.74) is 6.33. The quantitative estimate of drug-likeness (QED) is 0.242. The molecule has 2 aliphatic heterocycles. The van der Waals surface area contributed by atoms with Crippen LogP contribution in [0.1, 0.15) is 37.5 Å². The van der Waals surface area contributed by atoms with Gasteiger partial charge in [-0.05, 0) is 80.1 Å². The fraction of sp³-hybridized carbons (Fsp3) is 0.281. The standard InChI is InChI=1S/C32H32FNO4S/c1-19-6-7-22(33)14-29(19)37-17-26-24(9-10-27-30(26)20(2)16-32(3,4)34-27)25-15-23(8-11-28(25)36-5)38-31(35)21-12-13-39-18-21/h6-16,21,34H,17-18H2,1-5H3. The average Bonchev–Trinajstić information content (AvgIpc) is 3.43. The van der Waals surface area contributed by atoms with Crippen LogP contribution >= 0.6 is 11.8 Å². The number of hydrogen-bond donors (Lipinski definition) is 1. The third-order valence-electron chi connectivity index (χ3n) is 6.93. The van der Waals surface area contributed by atoms with Gasteiger partial charge in [0.2, 0.25) is 0 Å². The van der Waals surface area contributed by atoms with E-state index in [0.29, 0.717) is 23.0 Å². The topological polar surface area (TPSA) is 56.8 Å². The van der Waals surface area contributed by atoms with E-state index in [9.17, 15) is 9.18 Å². The molecule has 3 aromatic rings. The zero-order valence-corrected chi connectivity index (χ0v) is 23.6. The van der Waals surface area contributed by atoms with Crippen molar-refractivity contribution in [2.75, 3.05) is 18.2 Å². The molecular weight excluding hydrogens is 513 g/mol. The third-order valence-corrected chi connectivity index (χ3v) is 7.83. The molecule has 5 rings (SSSR count). The van der Waals surface area contributed by atoms with Crippen LogP contribution in [0.5, 0.6) is 17.2 Å². The highest BCUT2D eigenvalue weighted by Gasteiger charge is 2.28. The molecule has 0 aromatic heterocycles. The van der Waals surface area contributed by atoms with E-state index >= 15 is 0 Å². The van der Waals surface area contributed by atoms with Gasteiger partial charge in [0, 0.05) is 34.2 Å². The Morgan fingerprint density at radius 3 is 2.64 bits per heavy atom. The van der Waals surface area contributed by atoms with Crippen LogP contribution in [-0.4, -0.2) is 24.4 Å². The molecule has 2 heterocycles. The number of esters is 1. The van der Waals surface area contributed by atoms with Crippen molar-refractivity contribution in [2.45, 2.75) is 39.8 Å². The maximum atomic E-state index is 14.0. The van der Waals surface area contributed by atoms with Crippen LogP contribution in [-0.2, 0) is 11.4 Å². The van der Waals surface area contributed by atoms with Crippen LogP contribution in [0.25, 0.3) is 16.7 Å². The van der Waals surface area contributed by atoms with Gasteiger partial charge in [0.1, 0.15) is 29.7 Å². The second-order valence-corrected chi connectivity index (χ2v) is 11.4. The lowest BCUT2D eigenvalue weighted by molar-refractivity contribution is -0.136. The van der Waals surface area contributed by atoms with Crippen molar-refractivity contribution in [3.8, 4) is 28.4 Å². The highest BCUT2D eigenvalue weighted by molar-refractivity contribution is 8.02. The third kappa shape index (κ3) is 5.69. The Labute approximate surface area is 233 Å². The largest absolute Gasteiger partial charge is 0.496 e. The summed E-state index contributed by atoms with van der Waals surface area (Å²) < 4.78 is 31.8. The van der Waals surface area contributed by atoms with Crippen molar-refractivity contribution in [3.05, 3.63) is 88.6 Å². The van der Waals surface area contributed by atoms with Gasteiger partial charge in [0.25, 0.3) is 0 Å². The molecule has 0 bridgehead atoms. The second-order valence-electron chi connectivity index (χ2n) is 10.4. The normalized spacial score (nSPS) is 17.2. The van der Waals surface area contributed by atoms with Crippen molar-refractivity contribution >= 4 is 29.0 Å². The summed E-state index contributed by atoms with van der Waals surface area (Å²) >= 11 is 1.60. The molecule has 5 nitrogen and oxygen atoms in total. The second kappa shape index (κ2) is 10.8. The molecule has 3 aromatic carbocycles. The van der Waals surface area contributed by atoms with Gasteiger partial charge in [-0.2, -0.15) is 0 Å². The first-order valence-electron chi connectivity index (χ1n) is 12.9. The first-order chi connectivity index (χ1) is 18.6. The number of hydrogen-bond acceptors (Lipinski definition) is 6. The molecule has 0 spiro atoms. The van der Waals surface area contributed by atoms with Crippen molar-refractivity contribution in [1.29, 1.82) is 0 Å². The molecule has 1 atom stereocenters. The van der Waals surface area contributed by atoms with Crippen LogP contribution < -0.4 is 19.5 Å². The van der Waals surface area contributed by atoms with Crippen molar-refractivity contribution in [1.82, 2.24) is 0 Å². The van der Waals surface area contributed by atoms with E-state index in [1.807, 2.05) is 36.6 Å². The van der Waals surface area contributed by atoms with Crippen LogP contribution in [0.15, 0.2) is 66.1 Å². The van der Waals surface area contributed by atoms with Crippen LogP contribution in [0.3, 0.4) is 0 Å². The molecule has 0 radical (unpaired) electrons. The highest BCUT2D eigenvalue weighted by Crippen LogP contribution is 2.44. The van der Waals surface area contributed by atoms with Gasteiger partial charge >= 0.3 is 5.97 Å². The Balaban J connectivity index is 1.60. The number of thioether (sulfide) groups is 1. The Bertz CT molecular complexity index is 1490. The number of benzene rings is 3. The van der Waals surface area contributed by atoms with Gasteiger partial charge in [-0.1, -0.05) is 24.3 Å². The van der Waals surface area contributed by atoms with E-state index in [0.717, 1.165) is 39.1 Å². The van der Waals surface area contributed by atoms with E-state index in [2.05, 4.69) is 38.2 Å². The minimum atomic E-state index is -0.350. The maximum absolute atomic E-state index is 14.0.